The molecule has 102 valence electrons. The summed E-state index contributed by atoms with van der Waals surface area (Å²) in [7, 11) is 1.69. The third-order valence-electron chi connectivity index (χ3n) is 2.28. The Labute approximate surface area is 123 Å². The molecule has 0 fully saturated rings. The molecule has 5 heteroatoms. The summed E-state index contributed by atoms with van der Waals surface area (Å²) in [5.41, 5.74) is 1.14. The Morgan fingerprint density at radius 2 is 1.94 bits per heavy atom. The fourth-order valence-corrected chi connectivity index (χ4v) is 2.20. The van der Waals surface area contributed by atoms with Gasteiger partial charge in [-0.3, -0.25) is 0 Å². The maximum absolute atomic E-state index is 5.20. The zero-order valence-corrected chi connectivity index (χ0v) is 14.0. The molecule has 1 aromatic rings. The maximum Gasteiger partial charge on any atom is 0.143 e. The van der Waals surface area contributed by atoms with Gasteiger partial charge < -0.3 is 10.1 Å². The van der Waals surface area contributed by atoms with Crippen LogP contribution >= 0.6 is 22.6 Å². The van der Waals surface area contributed by atoms with Crippen molar-refractivity contribution in [1.29, 1.82) is 0 Å². The van der Waals surface area contributed by atoms with Crippen LogP contribution in [0.2, 0.25) is 0 Å². The first-order valence-electron chi connectivity index (χ1n) is 6.15. The van der Waals surface area contributed by atoms with Gasteiger partial charge in [-0.1, -0.05) is 20.8 Å². The molecular formula is C13H22IN3O. The van der Waals surface area contributed by atoms with Gasteiger partial charge in [0.2, 0.25) is 0 Å². The van der Waals surface area contributed by atoms with Crippen LogP contribution in [0.4, 0.5) is 5.82 Å². The highest BCUT2D eigenvalue weighted by atomic mass is 127. The van der Waals surface area contributed by atoms with E-state index < -0.39 is 0 Å². The van der Waals surface area contributed by atoms with E-state index in [1.807, 2.05) is 0 Å². The average molecular weight is 363 g/mol. The Morgan fingerprint density at radius 1 is 1.28 bits per heavy atom. The molecule has 18 heavy (non-hydrogen) atoms. The van der Waals surface area contributed by atoms with E-state index in [-0.39, 0.29) is 5.41 Å². The number of hydrogen-bond acceptors (Lipinski definition) is 4. The summed E-state index contributed by atoms with van der Waals surface area (Å²) in [6.45, 7) is 10.0. The summed E-state index contributed by atoms with van der Waals surface area (Å²) in [5, 5.41) is 3.29. The summed E-state index contributed by atoms with van der Waals surface area (Å²) in [6.07, 6.45) is 0.860. The molecule has 1 N–H and O–H groups in total. The molecule has 0 atom stereocenters. The molecule has 0 saturated heterocycles. The zero-order valence-electron chi connectivity index (χ0n) is 11.8. The second-order valence-corrected chi connectivity index (χ2v) is 6.53. The number of aromatic nitrogens is 2. The van der Waals surface area contributed by atoms with Crippen molar-refractivity contribution in [1.82, 2.24) is 9.97 Å². The van der Waals surface area contributed by atoms with Crippen LogP contribution < -0.4 is 5.32 Å². The number of halogens is 1. The largest absolute Gasteiger partial charge is 0.378 e. The Bertz CT molecular complexity index is 375. The van der Waals surface area contributed by atoms with Crippen LogP contribution in [0.5, 0.6) is 0 Å². The molecule has 1 heterocycles. The van der Waals surface area contributed by atoms with Crippen LogP contribution in [0.3, 0.4) is 0 Å². The van der Waals surface area contributed by atoms with Crippen LogP contribution in [0, 0.1) is 8.99 Å². The molecule has 0 saturated carbocycles. The number of nitrogens with zero attached hydrogens (tertiary/aromatic N) is 2. The molecular weight excluding hydrogens is 341 g/mol. The third kappa shape index (κ3) is 4.68. The summed E-state index contributed by atoms with van der Waals surface area (Å²) < 4.78 is 6.25. The molecule has 0 unspecified atom stereocenters. The van der Waals surface area contributed by atoms with Gasteiger partial charge in [0.05, 0.1) is 15.9 Å². The number of rotatable bonds is 5. The quantitative estimate of drug-likeness (QED) is 0.816. The molecule has 0 bridgehead atoms. The predicted octanol–water partition coefficient (Wildman–Crippen LogP) is 3.25. The fraction of sp³-hybridized carbons (Fsp3) is 0.692. The van der Waals surface area contributed by atoms with Crippen LogP contribution in [0.15, 0.2) is 0 Å². The molecule has 0 aliphatic carbocycles. The van der Waals surface area contributed by atoms with Crippen molar-refractivity contribution < 1.29 is 4.74 Å². The van der Waals surface area contributed by atoms with Gasteiger partial charge in [-0.25, -0.2) is 9.97 Å². The minimum Gasteiger partial charge on any atom is -0.378 e. The van der Waals surface area contributed by atoms with Gasteiger partial charge in [0.25, 0.3) is 0 Å². The number of ether oxygens (including phenoxy) is 1. The van der Waals surface area contributed by atoms with Crippen LogP contribution in [0.25, 0.3) is 0 Å². The second-order valence-electron chi connectivity index (χ2n) is 5.45. The molecule has 0 radical (unpaired) electrons. The molecule has 0 aliphatic heterocycles. The van der Waals surface area contributed by atoms with E-state index in [1.165, 1.54) is 0 Å². The van der Waals surface area contributed by atoms with Gasteiger partial charge in [0, 0.05) is 20.1 Å². The fourth-order valence-electron chi connectivity index (χ4n) is 1.62. The molecule has 0 aromatic carbocycles. The number of anilines is 1. The van der Waals surface area contributed by atoms with E-state index in [0.29, 0.717) is 6.61 Å². The zero-order chi connectivity index (χ0) is 13.8. The Morgan fingerprint density at radius 3 is 2.44 bits per heavy atom. The molecule has 4 nitrogen and oxygen atoms in total. The lowest BCUT2D eigenvalue weighted by Crippen LogP contribution is -2.16. The average Bonchev–Trinajstić information content (AvgIpc) is 2.23. The van der Waals surface area contributed by atoms with E-state index in [9.17, 15) is 0 Å². The lowest BCUT2D eigenvalue weighted by Gasteiger charge is -2.18. The maximum atomic E-state index is 5.20. The van der Waals surface area contributed by atoms with Gasteiger partial charge in [0.1, 0.15) is 11.6 Å². The highest BCUT2D eigenvalue weighted by Crippen LogP contribution is 2.24. The van der Waals surface area contributed by atoms with E-state index in [0.717, 1.165) is 33.9 Å². The van der Waals surface area contributed by atoms with Crippen molar-refractivity contribution in [2.45, 2.75) is 40.7 Å². The lowest BCUT2D eigenvalue weighted by molar-refractivity contribution is 0.180. The third-order valence-corrected chi connectivity index (χ3v) is 3.41. The van der Waals surface area contributed by atoms with Gasteiger partial charge in [-0.15, -0.1) is 0 Å². The van der Waals surface area contributed by atoms with Crippen LogP contribution in [0.1, 0.15) is 39.2 Å². The van der Waals surface area contributed by atoms with E-state index in [1.54, 1.807) is 7.11 Å². The number of hydrogen-bond donors (Lipinski definition) is 1. The summed E-state index contributed by atoms with van der Waals surface area (Å²) in [6, 6.07) is 0. The van der Waals surface area contributed by atoms with Gasteiger partial charge in [0.15, 0.2) is 0 Å². The van der Waals surface area contributed by atoms with E-state index >= 15 is 0 Å². The minimum atomic E-state index is 0.181. The van der Waals surface area contributed by atoms with Crippen LogP contribution in [-0.2, 0) is 17.8 Å². The normalized spacial score (nSPS) is 11.7. The van der Waals surface area contributed by atoms with E-state index in [2.05, 4.69) is 65.6 Å². The molecule has 0 amide bonds. The first-order valence-corrected chi connectivity index (χ1v) is 7.23. The Hall–Kier alpha value is -0.430. The summed E-state index contributed by atoms with van der Waals surface area (Å²) in [4.78, 5) is 9.21. The summed E-state index contributed by atoms with van der Waals surface area (Å²) >= 11 is 2.27. The molecule has 0 spiro atoms. The number of nitrogens with one attached hydrogen (secondary N) is 1. The van der Waals surface area contributed by atoms with Crippen molar-refractivity contribution in [2.75, 3.05) is 19.0 Å². The smallest absolute Gasteiger partial charge is 0.143 e. The summed E-state index contributed by atoms with van der Waals surface area (Å²) in [5.74, 6) is 1.80. The van der Waals surface area contributed by atoms with Crippen molar-refractivity contribution in [3.8, 4) is 0 Å². The van der Waals surface area contributed by atoms with Gasteiger partial charge >= 0.3 is 0 Å². The monoisotopic (exact) mass is 363 g/mol. The Kier molecular flexibility index (Phi) is 5.78. The molecule has 1 aromatic heterocycles. The highest BCUT2D eigenvalue weighted by Gasteiger charge is 2.17. The molecule has 0 aliphatic rings. The number of methoxy groups -OCH3 is 1. The highest BCUT2D eigenvalue weighted by molar-refractivity contribution is 14.1. The van der Waals surface area contributed by atoms with Crippen molar-refractivity contribution >= 4 is 28.4 Å². The van der Waals surface area contributed by atoms with Gasteiger partial charge in [-0.2, -0.15) is 0 Å². The molecule has 1 rings (SSSR count). The van der Waals surface area contributed by atoms with Crippen molar-refractivity contribution in [3.05, 3.63) is 15.1 Å². The van der Waals surface area contributed by atoms with Crippen molar-refractivity contribution in [2.24, 2.45) is 5.41 Å². The predicted molar refractivity (Wildman–Crippen MR) is 82.8 cm³/mol. The minimum absolute atomic E-state index is 0.181. The standard InChI is InChI=1S/C13H22IN3O/c1-6-15-12-11(14)9(8-18-5)16-10(17-12)7-13(2,3)4/h6-8H2,1-5H3,(H,15,16,17). The second kappa shape index (κ2) is 6.65. The van der Waals surface area contributed by atoms with Gasteiger partial charge in [-0.05, 0) is 34.9 Å². The van der Waals surface area contributed by atoms with Crippen LogP contribution in [-0.4, -0.2) is 23.6 Å². The van der Waals surface area contributed by atoms with E-state index in [4.69, 9.17) is 4.74 Å². The lowest BCUT2D eigenvalue weighted by atomic mass is 9.92. The van der Waals surface area contributed by atoms with Crippen molar-refractivity contribution in [3.63, 3.8) is 0 Å². The Balaban J connectivity index is 3.11. The first-order chi connectivity index (χ1) is 8.37. The topological polar surface area (TPSA) is 47.0 Å². The first kappa shape index (κ1) is 15.6. The SMILES string of the molecule is CCNc1nc(CC(C)(C)C)nc(COC)c1I.